The molecule has 0 radical (unpaired) electrons. The molecule has 34 heavy (non-hydrogen) atoms. The number of rotatable bonds is 9. The molecule has 0 aromatic heterocycles. The summed E-state index contributed by atoms with van der Waals surface area (Å²) in [4.78, 5) is 31.5. The van der Waals surface area contributed by atoms with Crippen LogP contribution in [0.3, 0.4) is 0 Å². The van der Waals surface area contributed by atoms with E-state index in [-0.39, 0.29) is 5.91 Å². The van der Waals surface area contributed by atoms with Gasteiger partial charge in [-0.2, -0.15) is 0 Å². The molecule has 1 fully saturated rings. The van der Waals surface area contributed by atoms with Gasteiger partial charge in [0.2, 0.25) is 11.8 Å². The number of nitrogens with two attached hydrogens (primary N) is 1. The highest BCUT2D eigenvalue weighted by atomic mass is 16.5. The zero-order valence-corrected chi connectivity index (χ0v) is 20.1. The summed E-state index contributed by atoms with van der Waals surface area (Å²) in [5, 5.41) is 0. The van der Waals surface area contributed by atoms with Gasteiger partial charge in [0.1, 0.15) is 11.8 Å². The summed E-state index contributed by atoms with van der Waals surface area (Å²) in [5.41, 5.74) is 9.01. The van der Waals surface area contributed by atoms with Gasteiger partial charge in [-0.3, -0.25) is 14.5 Å². The molecular formula is C27H36N4O3. The zero-order chi connectivity index (χ0) is 23.9. The fourth-order valence-corrected chi connectivity index (χ4v) is 5.07. The molecule has 2 heterocycles. The molecule has 0 unspecified atom stereocenters. The molecule has 7 nitrogen and oxygen atoms in total. The molecule has 0 bridgehead atoms. The van der Waals surface area contributed by atoms with Gasteiger partial charge in [0.25, 0.3) is 0 Å². The van der Waals surface area contributed by atoms with E-state index >= 15 is 0 Å². The summed E-state index contributed by atoms with van der Waals surface area (Å²) in [6.45, 7) is 5.57. The maximum absolute atomic E-state index is 12.9. The van der Waals surface area contributed by atoms with Gasteiger partial charge in [0.05, 0.1) is 12.8 Å². The van der Waals surface area contributed by atoms with Crippen LogP contribution in [0, 0.1) is 0 Å². The summed E-state index contributed by atoms with van der Waals surface area (Å²) in [6.07, 6.45) is 3.89. The van der Waals surface area contributed by atoms with Crippen LogP contribution in [0.15, 0.2) is 48.5 Å². The van der Waals surface area contributed by atoms with Crippen LogP contribution in [0.4, 0.5) is 5.69 Å². The maximum atomic E-state index is 12.9. The van der Waals surface area contributed by atoms with E-state index in [4.69, 9.17) is 10.5 Å². The number of amides is 2. The summed E-state index contributed by atoms with van der Waals surface area (Å²) < 4.78 is 5.51. The summed E-state index contributed by atoms with van der Waals surface area (Å²) >= 11 is 0. The molecule has 1 saturated heterocycles. The zero-order valence-electron chi connectivity index (χ0n) is 20.1. The van der Waals surface area contributed by atoms with Crippen molar-refractivity contribution >= 4 is 17.5 Å². The number of unbranched alkanes of at least 4 members (excludes halogenated alkanes) is 2. The topological polar surface area (TPSA) is 79.1 Å². The van der Waals surface area contributed by atoms with Crippen molar-refractivity contribution in [3.8, 4) is 5.75 Å². The van der Waals surface area contributed by atoms with Crippen molar-refractivity contribution < 1.29 is 14.3 Å². The third kappa shape index (κ3) is 5.70. The summed E-state index contributed by atoms with van der Waals surface area (Å²) in [6, 6.07) is 15.6. The smallest absolute Gasteiger partial charge is 0.240 e. The molecule has 2 amide bonds. The molecule has 182 valence electrons. The lowest BCUT2D eigenvalue weighted by atomic mass is 9.93. The number of carbonyl (C=O) groups is 2. The van der Waals surface area contributed by atoms with Crippen molar-refractivity contribution in [2.24, 2.45) is 5.73 Å². The van der Waals surface area contributed by atoms with Gasteiger partial charge in [-0.15, -0.1) is 0 Å². The van der Waals surface area contributed by atoms with Crippen molar-refractivity contribution in [2.75, 3.05) is 44.7 Å². The van der Waals surface area contributed by atoms with Crippen LogP contribution in [0.25, 0.3) is 0 Å². The Labute approximate surface area is 202 Å². The van der Waals surface area contributed by atoms with Gasteiger partial charge in [0.15, 0.2) is 0 Å². The second-order valence-electron chi connectivity index (χ2n) is 9.22. The van der Waals surface area contributed by atoms with Crippen LogP contribution < -0.4 is 15.4 Å². The Bertz CT molecular complexity index is 987. The molecule has 7 heteroatoms. The second kappa shape index (κ2) is 11.4. The fraction of sp³-hybridized carbons (Fsp3) is 0.481. The third-order valence-electron chi connectivity index (χ3n) is 7.06. The largest absolute Gasteiger partial charge is 0.495 e. The Hall–Kier alpha value is -3.06. The Morgan fingerprint density at radius 1 is 0.941 bits per heavy atom. The van der Waals surface area contributed by atoms with Crippen LogP contribution in [0.2, 0.25) is 0 Å². The molecule has 2 aromatic carbocycles. The Kier molecular flexibility index (Phi) is 8.06. The predicted molar refractivity (Wildman–Crippen MR) is 134 cm³/mol. The highest BCUT2D eigenvalue weighted by Gasteiger charge is 2.32. The van der Waals surface area contributed by atoms with E-state index < -0.39 is 11.9 Å². The number of fused-ring (bicyclic) bond motifs is 1. The van der Waals surface area contributed by atoms with Crippen molar-refractivity contribution in [3.63, 3.8) is 0 Å². The molecule has 0 saturated carbocycles. The number of para-hydroxylation sites is 2. The van der Waals surface area contributed by atoms with E-state index in [1.54, 1.807) is 12.0 Å². The lowest BCUT2D eigenvalue weighted by Crippen LogP contribution is -2.51. The van der Waals surface area contributed by atoms with Crippen molar-refractivity contribution in [1.82, 2.24) is 9.80 Å². The SMILES string of the molecule is COc1ccccc1N1CCN(CCCCCC(=O)N2Cc3ccccc3C[C@H]2C(N)=O)CC1. The van der Waals surface area contributed by atoms with Crippen LogP contribution in [-0.4, -0.2) is 67.5 Å². The van der Waals surface area contributed by atoms with E-state index in [1.165, 1.54) is 0 Å². The minimum absolute atomic E-state index is 0.0312. The van der Waals surface area contributed by atoms with E-state index in [0.29, 0.717) is 19.4 Å². The van der Waals surface area contributed by atoms with Crippen LogP contribution in [0.1, 0.15) is 36.8 Å². The lowest BCUT2D eigenvalue weighted by molar-refractivity contribution is -0.140. The Balaban J connectivity index is 1.17. The molecule has 0 spiro atoms. The standard InChI is InChI=1S/C27H36N4O3/c1-34-25-12-7-6-11-23(25)30-17-15-29(16-18-30)14-8-2-3-13-26(32)31-20-22-10-5-4-9-21(22)19-24(31)27(28)33/h4-7,9-12,24H,2-3,8,13-20H2,1H3,(H2,28,33)/t24-/m0/s1. The Morgan fingerprint density at radius 3 is 2.38 bits per heavy atom. The minimum Gasteiger partial charge on any atom is -0.495 e. The van der Waals surface area contributed by atoms with Gasteiger partial charge in [-0.1, -0.05) is 42.8 Å². The van der Waals surface area contributed by atoms with E-state index in [2.05, 4.69) is 21.9 Å². The maximum Gasteiger partial charge on any atom is 0.240 e. The molecule has 1 atom stereocenters. The van der Waals surface area contributed by atoms with Crippen molar-refractivity contribution in [3.05, 3.63) is 59.7 Å². The number of methoxy groups -OCH3 is 1. The molecule has 2 aliphatic rings. The number of primary amides is 1. The van der Waals surface area contributed by atoms with Gasteiger partial charge >= 0.3 is 0 Å². The molecule has 2 N–H and O–H groups in total. The molecular weight excluding hydrogens is 428 g/mol. The molecule has 0 aliphatic carbocycles. The normalized spacial score (nSPS) is 18.4. The molecule has 2 aliphatic heterocycles. The number of hydrogen-bond acceptors (Lipinski definition) is 5. The van der Waals surface area contributed by atoms with Gasteiger partial charge in [0, 0.05) is 45.6 Å². The van der Waals surface area contributed by atoms with Crippen LogP contribution >= 0.6 is 0 Å². The average Bonchev–Trinajstić information content (AvgIpc) is 2.88. The first-order valence-corrected chi connectivity index (χ1v) is 12.3. The van der Waals surface area contributed by atoms with E-state index in [1.807, 2.05) is 36.4 Å². The first-order valence-electron chi connectivity index (χ1n) is 12.3. The van der Waals surface area contributed by atoms with Crippen LogP contribution in [0.5, 0.6) is 5.75 Å². The number of benzene rings is 2. The van der Waals surface area contributed by atoms with Gasteiger partial charge in [-0.05, 0) is 42.6 Å². The number of carbonyl (C=O) groups excluding carboxylic acids is 2. The summed E-state index contributed by atoms with van der Waals surface area (Å²) in [7, 11) is 1.72. The second-order valence-corrected chi connectivity index (χ2v) is 9.22. The quantitative estimate of drug-likeness (QED) is 0.578. The first kappa shape index (κ1) is 24.1. The number of anilines is 1. The first-order chi connectivity index (χ1) is 16.6. The minimum atomic E-state index is -0.540. The number of hydrogen-bond donors (Lipinski definition) is 1. The monoisotopic (exact) mass is 464 g/mol. The van der Waals surface area contributed by atoms with Crippen LogP contribution in [-0.2, 0) is 22.6 Å². The molecule has 2 aromatic rings. The average molecular weight is 465 g/mol. The Morgan fingerprint density at radius 2 is 1.65 bits per heavy atom. The van der Waals surface area contributed by atoms with Gasteiger partial charge in [-0.25, -0.2) is 0 Å². The highest BCUT2D eigenvalue weighted by Crippen LogP contribution is 2.28. The third-order valence-corrected chi connectivity index (χ3v) is 7.06. The fourth-order valence-electron chi connectivity index (χ4n) is 5.07. The highest BCUT2D eigenvalue weighted by molar-refractivity contribution is 5.87. The van der Waals surface area contributed by atoms with E-state index in [9.17, 15) is 9.59 Å². The molecule has 4 rings (SSSR count). The van der Waals surface area contributed by atoms with Gasteiger partial charge < -0.3 is 20.3 Å². The summed E-state index contributed by atoms with van der Waals surface area (Å²) in [5.74, 6) is 0.537. The van der Waals surface area contributed by atoms with Crippen molar-refractivity contribution in [1.29, 1.82) is 0 Å². The van der Waals surface area contributed by atoms with E-state index in [0.717, 1.165) is 74.6 Å². The lowest BCUT2D eigenvalue weighted by Gasteiger charge is -2.36. The number of piperazine rings is 1. The number of ether oxygens (including phenoxy) is 1. The number of nitrogens with zero attached hydrogens (tertiary/aromatic N) is 3. The predicted octanol–water partition coefficient (Wildman–Crippen LogP) is 2.82. The van der Waals surface area contributed by atoms with Crippen molar-refractivity contribution in [2.45, 2.75) is 44.7 Å².